The lowest BCUT2D eigenvalue weighted by Gasteiger charge is -2.12. The van der Waals surface area contributed by atoms with Crippen LogP contribution in [-0.2, 0) is 6.61 Å². The summed E-state index contributed by atoms with van der Waals surface area (Å²) in [7, 11) is 0. The van der Waals surface area contributed by atoms with Gasteiger partial charge >= 0.3 is 0 Å². The van der Waals surface area contributed by atoms with E-state index in [2.05, 4.69) is 21.2 Å². The highest BCUT2D eigenvalue weighted by atomic mass is 79.9. The highest BCUT2D eigenvalue weighted by molar-refractivity contribution is 9.10. The molecule has 0 fully saturated rings. The van der Waals surface area contributed by atoms with E-state index in [1.165, 1.54) is 0 Å². The summed E-state index contributed by atoms with van der Waals surface area (Å²) in [6.45, 7) is 2.82. The van der Waals surface area contributed by atoms with Crippen molar-refractivity contribution in [2.75, 3.05) is 12.3 Å². The molecule has 0 bridgehead atoms. The third-order valence-corrected chi connectivity index (χ3v) is 3.42. The molecule has 2 aromatic carbocycles. The van der Waals surface area contributed by atoms with Gasteiger partial charge in [-0.1, -0.05) is 28.1 Å². The lowest BCUT2D eigenvalue weighted by molar-refractivity contribution is 0.0951. The van der Waals surface area contributed by atoms with Crippen LogP contribution in [0.3, 0.4) is 0 Å². The number of amides is 1. The molecule has 3 N–H and O–H groups in total. The van der Waals surface area contributed by atoms with Crippen molar-refractivity contribution >= 4 is 27.5 Å². The maximum absolute atomic E-state index is 12.0. The summed E-state index contributed by atoms with van der Waals surface area (Å²) < 4.78 is 6.77. The lowest BCUT2D eigenvalue weighted by Crippen LogP contribution is -2.23. The van der Waals surface area contributed by atoms with E-state index in [4.69, 9.17) is 10.5 Å². The number of nitrogens with two attached hydrogens (primary N) is 1. The van der Waals surface area contributed by atoms with E-state index in [0.29, 0.717) is 30.2 Å². The number of nitrogen functional groups attached to an aromatic ring is 1. The quantitative estimate of drug-likeness (QED) is 0.814. The molecule has 110 valence electrons. The predicted octanol–water partition coefficient (Wildman–Crippen LogP) is 3.36. The van der Waals surface area contributed by atoms with Gasteiger partial charge in [0, 0.05) is 22.8 Å². The average molecular weight is 349 g/mol. The first kappa shape index (κ1) is 15.4. The summed E-state index contributed by atoms with van der Waals surface area (Å²) in [4.78, 5) is 12.0. The van der Waals surface area contributed by atoms with Crippen LogP contribution in [0, 0.1) is 0 Å². The molecule has 0 radical (unpaired) electrons. The number of hydrogen-bond donors (Lipinski definition) is 2. The molecule has 0 heterocycles. The van der Waals surface area contributed by atoms with Crippen molar-refractivity contribution in [1.82, 2.24) is 5.32 Å². The van der Waals surface area contributed by atoms with Gasteiger partial charge in [-0.15, -0.1) is 0 Å². The smallest absolute Gasteiger partial charge is 0.255 e. The largest absolute Gasteiger partial charge is 0.488 e. The molecule has 1 amide bonds. The zero-order chi connectivity index (χ0) is 15.2. The number of benzene rings is 2. The van der Waals surface area contributed by atoms with Gasteiger partial charge < -0.3 is 15.8 Å². The van der Waals surface area contributed by atoms with Crippen LogP contribution in [0.5, 0.6) is 5.75 Å². The normalized spacial score (nSPS) is 10.2. The van der Waals surface area contributed by atoms with E-state index in [9.17, 15) is 4.79 Å². The number of nitrogens with one attached hydrogen (secondary N) is 1. The SMILES string of the molecule is CCNC(=O)c1ccc(N)cc1OCc1ccc(Br)cc1. The minimum absolute atomic E-state index is 0.164. The molecule has 0 aliphatic rings. The fourth-order valence-electron chi connectivity index (χ4n) is 1.84. The second-order valence-electron chi connectivity index (χ2n) is 4.53. The Balaban J connectivity index is 2.16. The average Bonchev–Trinajstić information content (AvgIpc) is 2.47. The molecule has 0 aliphatic heterocycles. The van der Waals surface area contributed by atoms with E-state index in [0.717, 1.165) is 10.0 Å². The van der Waals surface area contributed by atoms with E-state index in [1.54, 1.807) is 18.2 Å². The van der Waals surface area contributed by atoms with Gasteiger partial charge in [-0.3, -0.25) is 4.79 Å². The summed E-state index contributed by atoms with van der Waals surface area (Å²) in [5.41, 5.74) is 7.84. The zero-order valence-corrected chi connectivity index (χ0v) is 13.3. The number of carbonyl (C=O) groups is 1. The van der Waals surface area contributed by atoms with Crippen LogP contribution in [0.4, 0.5) is 5.69 Å². The second kappa shape index (κ2) is 7.13. The topological polar surface area (TPSA) is 64.4 Å². The Bertz CT molecular complexity index is 627. The highest BCUT2D eigenvalue weighted by Gasteiger charge is 2.12. The molecule has 0 unspecified atom stereocenters. The van der Waals surface area contributed by atoms with Gasteiger partial charge in [-0.2, -0.15) is 0 Å². The number of ether oxygens (including phenoxy) is 1. The minimum Gasteiger partial charge on any atom is -0.488 e. The molecule has 4 nitrogen and oxygen atoms in total. The van der Waals surface area contributed by atoms with Gasteiger partial charge in [0.15, 0.2) is 0 Å². The molecule has 2 aromatic rings. The van der Waals surface area contributed by atoms with Gasteiger partial charge in [0.2, 0.25) is 0 Å². The number of rotatable bonds is 5. The predicted molar refractivity (Wildman–Crippen MR) is 87.3 cm³/mol. The van der Waals surface area contributed by atoms with Gasteiger partial charge in [0.05, 0.1) is 5.56 Å². The Hall–Kier alpha value is -2.01. The van der Waals surface area contributed by atoms with Gasteiger partial charge in [0.25, 0.3) is 5.91 Å². The summed E-state index contributed by atoms with van der Waals surface area (Å²) in [5, 5.41) is 2.76. The summed E-state index contributed by atoms with van der Waals surface area (Å²) in [6, 6.07) is 12.9. The number of carbonyl (C=O) groups excluding carboxylic acids is 1. The van der Waals surface area contributed by atoms with Crippen LogP contribution in [0.15, 0.2) is 46.9 Å². The van der Waals surface area contributed by atoms with E-state index < -0.39 is 0 Å². The van der Waals surface area contributed by atoms with Crippen molar-refractivity contribution < 1.29 is 9.53 Å². The standard InChI is InChI=1S/C16H17BrN2O2/c1-2-19-16(20)14-8-7-13(18)9-15(14)21-10-11-3-5-12(17)6-4-11/h3-9H,2,10,18H2,1H3,(H,19,20). The molecule has 0 saturated carbocycles. The van der Waals surface area contributed by atoms with E-state index >= 15 is 0 Å². The Morgan fingerprint density at radius 3 is 2.62 bits per heavy atom. The van der Waals surface area contributed by atoms with Crippen LogP contribution < -0.4 is 15.8 Å². The fourth-order valence-corrected chi connectivity index (χ4v) is 2.11. The van der Waals surface area contributed by atoms with Gasteiger partial charge in [0.1, 0.15) is 12.4 Å². The molecule has 0 aromatic heterocycles. The fraction of sp³-hybridized carbons (Fsp3) is 0.188. The van der Waals surface area contributed by atoms with Crippen LogP contribution in [-0.4, -0.2) is 12.5 Å². The zero-order valence-electron chi connectivity index (χ0n) is 11.7. The first-order valence-corrected chi connectivity index (χ1v) is 7.44. The number of hydrogen-bond acceptors (Lipinski definition) is 3. The highest BCUT2D eigenvalue weighted by Crippen LogP contribution is 2.23. The Morgan fingerprint density at radius 1 is 1.24 bits per heavy atom. The van der Waals surface area contributed by atoms with Crippen molar-refractivity contribution in [1.29, 1.82) is 0 Å². The second-order valence-corrected chi connectivity index (χ2v) is 5.45. The molecule has 0 aliphatic carbocycles. The maximum atomic E-state index is 12.0. The first-order valence-electron chi connectivity index (χ1n) is 6.65. The van der Waals surface area contributed by atoms with Gasteiger partial charge in [-0.25, -0.2) is 0 Å². The molecule has 5 heteroatoms. The molecule has 0 atom stereocenters. The van der Waals surface area contributed by atoms with Crippen molar-refractivity contribution in [3.8, 4) is 5.75 Å². The summed E-state index contributed by atoms with van der Waals surface area (Å²) >= 11 is 3.39. The molecular formula is C16H17BrN2O2. The molecule has 0 saturated heterocycles. The van der Waals surface area contributed by atoms with Crippen LogP contribution >= 0.6 is 15.9 Å². The van der Waals surface area contributed by atoms with Gasteiger partial charge in [-0.05, 0) is 36.8 Å². The number of anilines is 1. The van der Waals surface area contributed by atoms with Crippen molar-refractivity contribution in [3.63, 3.8) is 0 Å². The Kier molecular flexibility index (Phi) is 5.22. The Morgan fingerprint density at radius 2 is 1.95 bits per heavy atom. The third-order valence-electron chi connectivity index (χ3n) is 2.90. The molecule has 0 spiro atoms. The Labute approximate surface area is 132 Å². The van der Waals surface area contributed by atoms with Crippen LogP contribution in [0.2, 0.25) is 0 Å². The lowest BCUT2D eigenvalue weighted by atomic mass is 10.1. The van der Waals surface area contributed by atoms with E-state index in [-0.39, 0.29) is 5.91 Å². The van der Waals surface area contributed by atoms with Crippen molar-refractivity contribution in [2.45, 2.75) is 13.5 Å². The maximum Gasteiger partial charge on any atom is 0.255 e. The summed E-state index contributed by atoms with van der Waals surface area (Å²) in [5.74, 6) is 0.326. The summed E-state index contributed by atoms with van der Waals surface area (Å²) in [6.07, 6.45) is 0. The van der Waals surface area contributed by atoms with Crippen molar-refractivity contribution in [3.05, 3.63) is 58.1 Å². The minimum atomic E-state index is -0.164. The van der Waals surface area contributed by atoms with E-state index in [1.807, 2.05) is 31.2 Å². The molecular weight excluding hydrogens is 332 g/mol. The molecule has 21 heavy (non-hydrogen) atoms. The molecule has 2 rings (SSSR count). The first-order chi connectivity index (χ1) is 10.1. The van der Waals surface area contributed by atoms with Crippen LogP contribution in [0.25, 0.3) is 0 Å². The van der Waals surface area contributed by atoms with Crippen LogP contribution in [0.1, 0.15) is 22.8 Å². The third kappa shape index (κ3) is 4.23. The monoisotopic (exact) mass is 348 g/mol. The van der Waals surface area contributed by atoms with Crippen molar-refractivity contribution in [2.24, 2.45) is 0 Å². The number of halogens is 1.